The SMILES string of the molecule is C[C@@H]1Cc2c([nH]c3ccccc23)[C@@H](c2c(F)cc([C@H](O)C3CN(CCCF)C3)cc2F)N1CC(F)F. The van der Waals surface area contributed by atoms with E-state index in [0.717, 1.165) is 28.6 Å². The van der Waals surface area contributed by atoms with E-state index in [4.69, 9.17) is 0 Å². The molecule has 3 aromatic rings. The lowest BCUT2D eigenvalue weighted by Crippen LogP contribution is -2.49. The first-order chi connectivity index (χ1) is 17.3. The minimum absolute atomic E-state index is 0.116. The van der Waals surface area contributed by atoms with Crippen molar-refractivity contribution in [3.05, 3.63) is 70.4 Å². The van der Waals surface area contributed by atoms with Gasteiger partial charge in [0.1, 0.15) is 11.6 Å². The monoisotopic (exact) mass is 507 g/mol. The molecule has 3 heterocycles. The Kier molecular flexibility index (Phi) is 7.07. The molecule has 1 saturated heterocycles. The first kappa shape index (κ1) is 25.2. The fraction of sp³-hybridized carbons (Fsp3) is 0.481. The van der Waals surface area contributed by atoms with Gasteiger partial charge in [0.2, 0.25) is 0 Å². The fourth-order valence-electron chi connectivity index (χ4n) is 5.85. The number of aromatic nitrogens is 1. The normalized spacial score (nSPS) is 22.2. The van der Waals surface area contributed by atoms with Gasteiger partial charge in [-0.2, -0.15) is 0 Å². The van der Waals surface area contributed by atoms with Gasteiger partial charge < -0.3 is 15.0 Å². The molecule has 4 nitrogen and oxygen atoms in total. The summed E-state index contributed by atoms with van der Waals surface area (Å²) in [5.41, 5.74) is 1.99. The summed E-state index contributed by atoms with van der Waals surface area (Å²) >= 11 is 0. The molecule has 5 rings (SSSR count). The van der Waals surface area contributed by atoms with Crippen LogP contribution in [0.25, 0.3) is 10.9 Å². The van der Waals surface area contributed by atoms with Gasteiger partial charge in [-0.05, 0) is 49.1 Å². The predicted octanol–water partition coefficient (Wildman–Crippen LogP) is 5.37. The lowest BCUT2D eigenvalue weighted by atomic mass is 9.85. The molecule has 0 saturated carbocycles. The Labute approximate surface area is 206 Å². The quantitative estimate of drug-likeness (QED) is 0.403. The molecule has 0 aliphatic carbocycles. The van der Waals surface area contributed by atoms with Crippen molar-refractivity contribution in [1.82, 2.24) is 14.8 Å². The van der Waals surface area contributed by atoms with Crippen LogP contribution in [-0.4, -0.2) is 65.2 Å². The number of alkyl halides is 3. The Balaban J connectivity index is 1.51. The molecule has 0 spiro atoms. The molecule has 1 fully saturated rings. The number of fused-ring (bicyclic) bond motifs is 3. The highest BCUT2D eigenvalue weighted by Gasteiger charge is 2.40. The largest absolute Gasteiger partial charge is 0.388 e. The number of rotatable bonds is 8. The molecular formula is C27H30F5N3O. The van der Waals surface area contributed by atoms with E-state index >= 15 is 8.78 Å². The topological polar surface area (TPSA) is 42.5 Å². The number of benzene rings is 2. The Morgan fingerprint density at radius 3 is 2.47 bits per heavy atom. The number of nitrogens with one attached hydrogen (secondary N) is 1. The van der Waals surface area contributed by atoms with E-state index in [9.17, 15) is 18.3 Å². The van der Waals surface area contributed by atoms with Crippen LogP contribution < -0.4 is 0 Å². The second kappa shape index (κ2) is 10.1. The van der Waals surface area contributed by atoms with Crippen LogP contribution in [0.2, 0.25) is 0 Å². The minimum Gasteiger partial charge on any atom is -0.388 e. The second-order valence-electron chi connectivity index (χ2n) is 10.0. The molecule has 9 heteroatoms. The zero-order valence-corrected chi connectivity index (χ0v) is 20.0. The average Bonchev–Trinajstić information content (AvgIpc) is 3.17. The number of hydrogen-bond donors (Lipinski definition) is 2. The Morgan fingerprint density at radius 1 is 1.11 bits per heavy atom. The minimum atomic E-state index is -2.67. The highest BCUT2D eigenvalue weighted by atomic mass is 19.3. The van der Waals surface area contributed by atoms with Crippen LogP contribution >= 0.6 is 0 Å². The third-order valence-corrected chi connectivity index (χ3v) is 7.62. The highest BCUT2D eigenvalue weighted by molar-refractivity contribution is 5.85. The Bertz CT molecular complexity index is 1200. The van der Waals surface area contributed by atoms with Gasteiger partial charge in [0.05, 0.1) is 25.4 Å². The maximum absolute atomic E-state index is 15.6. The van der Waals surface area contributed by atoms with Gasteiger partial charge in [0.15, 0.2) is 0 Å². The van der Waals surface area contributed by atoms with Crippen molar-refractivity contribution in [2.24, 2.45) is 5.92 Å². The average molecular weight is 508 g/mol. The zero-order chi connectivity index (χ0) is 25.6. The number of likely N-dealkylation sites (tertiary alicyclic amines) is 1. The summed E-state index contributed by atoms with van der Waals surface area (Å²) in [6.45, 7) is 2.37. The van der Waals surface area contributed by atoms with Crippen LogP contribution in [0.3, 0.4) is 0 Å². The second-order valence-corrected chi connectivity index (χ2v) is 10.0. The number of halogens is 5. The maximum Gasteiger partial charge on any atom is 0.251 e. The Morgan fingerprint density at radius 2 is 1.81 bits per heavy atom. The third-order valence-electron chi connectivity index (χ3n) is 7.62. The molecular weight excluding hydrogens is 477 g/mol. The maximum atomic E-state index is 15.6. The molecule has 2 aliphatic rings. The van der Waals surface area contributed by atoms with Crippen molar-refractivity contribution in [3.63, 3.8) is 0 Å². The summed E-state index contributed by atoms with van der Waals surface area (Å²) in [5, 5.41) is 11.7. The Hall–Kier alpha value is -2.49. The molecule has 3 atom stereocenters. The molecule has 0 bridgehead atoms. The van der Waals surface area contributed by atoms with Crippen LogP contribution in [0.15, 0.2) is 36.4 Å². The van der Waals surface area contributed by atoms with Crippen LogP contribution in [0, 0.1) is 17.6 Å². The van der Waals surface area contributed by atoms with E-state index in [0.29, 0.717) is 38.2 Å². The van der Waals surface area contributed by atoms with Crippen LogP contribution in [0.1, 0.15) is 47.9 Å². The van der Waals surface area contributed by atoms with Gasteiger partial charge in [0, 0.05) is 53.8 Å². The van der Waals surface area contributed by atoms with Gasteiger partial charge in [-0.1, -0.05) is 18.2 Å². The standard InChI is InChI=1S/C27H30F5N3O/c1-15-9-19-18-5-2-3-6-22(18)33-25(19)26(35(15)14-23(31)32)24-20(29)10-16(11-21(24)30)27(36)17-12-34(13-17)8-4-7-28/h2-3,5-6,10-11,15,17,23,26-27,33,36H,4,7-9,12-14H2,1H3/t15-,26-,27+/m1/s1. The molecule has 0 radical (unpaired) electrons. The van der Waals surface area contributed by atoms with Crippen molar-refractivity contribution in [1.29, 1.82) is 0 Å². The fourth-order valence-corrected chi connectivity index (χ4v) is 5.85. The number of nitrogens with zero attached hydrogens (tertiary/aromatic N) is 2. The summed E-state index contributed by atoms with van der Waals surface area (Å²) in [7, 11) is 0. The number of aliphatic hydroxyl groups is 1. The summed E-state index contributed by atoms with van der Waals surface area (Å²) in [6, 6.07) is 8.30. The number of hydrogen-bond acceptors (Lipinski definition) is 3. The predicted molar refractivity (Wildman–Crippen MR) is 128 cm³/mol. The molecule has 2 aromatic carbocycles. The van der Waals surface area contributed by atoms with Crippen molar-refractivity contribution in [3.8, 4) is 0 Å². The first-order valence-electron chi connectivity index (χ1n) is 12.4. The van der Waals surface area contributed by atoms with Crippen molar-refractivity contribution in [2.45, 2.75) is 44.4 Å². The number of para-hydroxylation sites is 1. The van der Waals surface area contributed by atoms with Crippen molar-refractivity contribution < 1.29 is 27.1 Å². The summed E-state index contributed by atoms with van der Waals surface area (Å²) < 4.78 is 70.8. The van der Waals surface area contributed by atoms with Gasteiger partial charge in [-0.3, -0.25) is 9.29 Å². The van der Waals surface area contributed by atoms with Crippen LogP contribution in [0.4, 0.5) is 22.0 Å². The summed E-state index contributed by atoms with van der Waals surface area (Å²) in [6.07, 6.45) is -2.86. The van der Waals surface area contributed by atoms with Crippen molar-refractivity contribution in [2.75, 3.05) is 32.9 Å². The van der Waals surface area contributed by atoms with E-state index in [2.05, 4.69) is 4.98 Å². The lowest BCUT2D eigenvalue weighted by molar-refractivity contribution is -0.00642. The van der Waals surface area contributed by atoms with E-state index < -0.39 is 43.4 Å². The number of aliphatic hydroxyl groups excluding tert-OH is 1. The molecule has 2 aliphatic heterocycles. The number of aromatic amines is 1. The van der Waals surface area contributed by atoms with E-state index in [-0.39, 0.29) is 23.1 Å². The molecule has 1 aromatic heterocycles. The van der Waals surface area contributed by atoms with E-state index in [1.54, 1.807) is 6.92 Å². The van der Waals surface area contributed by atoms with Crippen LogP contribution in [-0.2, 0) is 6.42 Å². The zero-order valence-electron chi connectivity index (χ0n) is 20.0. The lowest BCUT2D eigenvalue weighted by Gasteiger charge is -2.42. The van der Waals surface area contributed by atoms with Gasteiger partial charge in [-0.15, -0.1) is 0 Å². The van der Waals surface area contributed by atoms with Crippen LogP contribution in [0.5, 0.6) is 0 Å². The van der Waals surface area contributed by atoms with E-state index in [1.807, 2.05) is 29.2 Å². The molecule has 2 N–H and O–H groups in total. The first-order valence-corrected chi connectivity index (χ1v) is 12.4. The molecule has 194 valence electrons. The summed E-state index contributed by atoms with van der Waals surface area (Å²) in [5.74, 6) is -1.96. The molecule has 0 unspecified atom stereocenters. The summed E-state index contributed by atoms with van der Waals surface area (Å²) in [4.78, 5) is 6.67. The van der Waals surface area contributed by atoms with Gasteiger partial charge >= 0.3 is 0 Å². The molecule has 36 heavy (non-hydrogen) atoms. The molecule has 0 amide bonds. The van der Waals surface area contributed by atoms with Crippen molar-refractivity contribution >= 4 is 10.9 Å². The van der Waals surface area contributed by atoms with Gasteiger partial charge in [0.25, 0.3) is 6.43 Å². The van der Waals surface area contributed by atoms with Gasteiger partial charge in [-0.25, -0.2) is 17.6 Å². The smallest absolute Gasteiger partial charge is 0.251 e. The third kappa shape index (κ3) is 4.53. The van der Waals surface area contributed by atoms with E-state index in [1.165, 1.54) is 4.90 Å². The number of H-pyrrole nitrogens is 1. The highest BCUT2D eigenvalue weighted by Crippen LogP contribution is 2.43.